The van der Waals surface area contributed by atoms with Gasteiger partial charge in [-0.05, 0) is 66.2 Å². The first kappa shape index (κ1) is 27.6. The van der Waals surface area contributed by atoms with Crippen LogP contribution in [-0.4, -0.2) is 63.8 Å². The molecule has 0 radical (unpaired) electrons. The summed E-state index contributed by atoms with van der Waals surface area (Å²) in [5, 5.41) is 18.3. The molecular formula is C22H40IN7O3. The summed E-state index contributed by atoms with van der Waals surface area (Å²) in [5.41, 5.74) is -0.482. The Morgan fingerprint density at radius 1 is 1.15 bits per heavy atom. The number of rotatable bonds is 6. The Kier molecular flexibility index (Phi) is 10.6. The van der Waals surface area contributed by atoms with E-state index in [0.29, 0.717) is 12.6 Å². The van der Waals surface area contributed by atoms with Crippen LogP contribution in [0.2, 0.25) is 0 Å². The first-order chi connectivity index (χ1) is 15.2. The molecule has 1 atom stereocenters. The highest BCUT2D eigenvalue weighted by atomic mass is 127. The van der Waals surface area contributed by atoms with Gasteiger partial charge in [0, 0.05) is 32.3 Å². The second-order valence-corrected chi connectivity index (χ2v) is 9.74. The minimum atomic E-state index is -0.482. The van der Waals surface area contributed by atoms with Gasteiger partial charge in [0.05, 0.1) is 6.10 Å². The predicted molar refractivity (Wildman–Crippen MR) is 138 cm³/mol. The monoisotopic (exact) mass is 577 g/mol. The second-order valence-electron chi connectivity index (χ2n) is 9.74. The highest BCUT2D eigenvalue weighted by Gasteiger charge is 2.25. The van der Waals surface area contributed by atoms with E-state index in [1.165, 1.54) is 0 Å². The highest BCUT2D eigenvalue weighted by molar-refractivity contribution is 14.0. The molecule has 1 aromatic rings. The lowest BCUT2D eigenvalue weighted by Crippen LogP contribution is -2.49. The van der Waals surface area contributed by atoms with Crippen LogP contribution in [0.3, 0.4) is 0 Å². The van der Waals surface area contributed by atoms with E-state index in [4.69, 9.17) is 14.5 Å². The predicted octanol–water partition coefficient (Wildman–Crippen LogP) is 2.79. The Hall–Kier alpha value is -1.63. The number of alkyl carbamates (subject to hydrolysis) is 1. The van der Waals surface area contributed by atoms with Crippen LogP contribution in [0, 0.1) is 6.92 Å². The molecule has 33 heavy (non-hydrogen) atoms. The fourth-order valence-electron chi connectivity index (χ4n) is 3.96. The molecule has 1 aromatic heterocycles. The molecule has 0 bridgehead atoms. The minimum absolute atomic E-state index is 0. The molecule has 2 aliphatic rings. The fourth-order valence-corrected chi connectivity index (χ4v) is 3.96. The van der Waals surface area contributed by atoms with Gasteiger partial charge in [-0.25, -0.2) is 9.79 Å². The molecule has 1 aliphatic heterocycles. The Morgan fingerprint density at radius 2 is 1.82 bits per heavy atom. The van der Waals surface area contributed by atoms with E-state index in [1.807, 2.05) is 39.3 Å². The Morgan fingerprint density at radius 3 is 2.36 bits per heavy atom. The number of carbonyl (C=O) groups is 1. The van der Waals surface area contributed by atoms with Crippen LogP contribution >= 0.6 is 24.0 Å². The van der Waals surface area contributed by atoms with Crippen molar-refractivity contribution in [2.24, 2.45) is 12.0 Å². The second kappa shape index (κ2) is 12.7. The lowest BCUT2D eigenvalue weighted by molar-refractivity contribution is 0.0490. The van der Waals surface area contributed by atoms with Crippen molar-refractivity contribution in [1.82, 2.24) is 30.7 Å². The highest BCUT2D eigenvalue weighted by Crippen LogP contribution is 2.19. The van der Waals surface area contributed by atoms with Gasteiger partial charge in [-0.1, -0.05) is 0 Å². The first-order valence-corrected chi connectivity index (χ1v) is 11.7. The van der Waals surface area contributed by atoms with Gasteiger partial charge < -0.3 is 30.0 Å². The molecule has 10 nitrogen and oxygen atoms in total. The van der Waals surface area contributed by atoms with E-state index in [1.54, 1.807) is 0 Å². The molecule has 1 unspecified atom stereocenters. The molecule has 2 fully saturated rings. The van der Waals surface area contributed by atoms with Crippen molar-refractivity contribution in [2.45, 2.75) is 96.6 Å². The molecular weight excluding hydrogens is 537 g/mol. The molecule has 0 spiro atoms. The SMILES string of the molecule is Cc1nnc(CN=C(NCC2CCCO2)NC2CCC(NC(=O)OC(C)(C)C)CC2)n1C.I. The van der Waals surface area contributed by atoms with E-state index in [9.17, 15) is 4.79 Å². The average Bonchev–Trinajstić information content (AvgIpc) is 3.35. The summed E-state index contributed by atoms with van der Waals surface area (Å²) in [6.45, 7) is 9.57. The zero-order valence-electron chi connectivity index (χ0n) is 20.5. The summed E-state index contributed by atoms with van der Waals surface area (Å²) in [6, 6.07) is 0.438. The molecule has 1 aliphatic carbocycles. The van der Waals surface area contributed by atoms with E-state index in [-0.39, 0.29) is 42.2 Å². The number of halogens is 1. The molecule has 188 valence electrons. The lowest BCUT2D eigenvalue weighted by Gasteiger charge is -2.31. The largest absolute Gasteiger partial charge is 0.444 e. The van der Waals surface area contributed by atoms with Gasteiger partial charge in [0.15, 0.2) is 11.8 Å². The maximum Gasteiger partial charge on any atom is 0.407 e. The van der Waals surface area contributed by atoms with E-state index in [0.717, 1.165) is 69.3 Å². The zero-order chi connectivity index (χ0) is 23.1. The molecule has 1 saturated carbocycles. The number of carbonyl (C=O) groups excluding carboxylic acids is 1. The number of nitrogens with one attached hydrogen (secondary N) is 3. The van der Waals surface area contributed by atoms with Crippen LogP contribution in [0.1, 0.15) is 70.9 Å². The van der Waals surface area contributed by atoms with Crippen molar-refractivity contribution in [3.63, 3.8) is 0 Å². The number of hydrogen-bond acceptors (Lipinski definition) is 6. The van der Waals surface area contributed by atoms with Gasteiger partial charge in [-0.2, -0.15) is 0 Å². The van der Waals surface area contributed by atoms with E-state index < -0.39 is 5.60 Å². The van der Waals surface area contributed by atoms with Crippen molar-refractivity contribution >= 4 is 36.0 Å². The van der Waals surface area contributed by atoms with Gasteiger partial charge in [-0.3, -0.25) is 0 Å². The van der Waals surface area contributed by atoms with Crippen LogP contribution in [-0.2, 0) is 23.1 Å². The van der Waals surface area contributed by atoms with Gasteiger partial charge in [0.2, 0.25) is 0 Å². The zero-order valence-corrected chi connectivity index (χ0v) is 22.8. The van der Waals surface area contributed by atoms with Crippen molar-refractivity contribution in [1.29, 1.82) is 0 Å². The third-order valence-electron chi connectivity index (χ3n) is 5.87. The van der Waals surface area contributed by atoms with Crippen LogP contribution < -0.4 is 16.0 Å². The fraction of sp³-hybridized carbons (Fsp3) is 0.818. The molecule has 3 rings (SSSR count). The number of amides is 1. The third kappa shape index (κ3) is 9.26. The molecule has 0 aromatic carbocycles. The van der Waals surface area contributed by atoms with E-state index >= 15 is 0 Å². The number of guanidine groups is 1. The van der Waals surface area contributed by atoms with Crippen molar-refractivity contribution in [3.8, 4) is 0 Å². The summed E-state index contributed by atoms with van der Waals surface area (Å²) in [4.78, 5) is 16.8. The number of aliphatic imine (C=N–C) groups is 1. The van der Waals surface area contributed by atoms with Gasteiger partial charge in [0.25, 0.3) is 0 Å². The van der Waals surface area contributed by atoms with Crippen LogP contribution in [0.5, 0.6) is 0 Å². The van der Waals surface area contributed by atoms with Crippen molar-refractivity contribution in [2.75, 3.05) is 13.2 Å². The smallest absolute Gasteiger partial charge is 0.407 e. The van der Waals surface area contributed by atoms with Crippen molar-refractivity contribution < 1.29 is 14.3 Å². The molecule has 11 heteroatoms. The van der Waals surface area contributed by atoms with Crippen molar-refractivity contribution in [3.05, 3.63) is 11.6 Å². The third-order valence-corrected chi connectivity index (χ3v) is 5.87. The topological polar surface area (TPSA) is 115 Å². The van der Waals surface area contributed by atoms with Crippen LogP contribution in [0.4, 0.5) is 4.79 Å². The Bertz CT molecular complexity index is 779. The number of nitrogens with zero attached hydrogens (tertiary/aromatic N) is 4. The summed E-state index contributed by atoms with van der Waals surface area (Å²) in [7, 11) is 1.95. The summed E-state index contributed by atoms with van der Waals surface area (Å²) in [6.07, 6.45) is 5.77. The summed E-state index contributed by atoms with van der Waals surface area (Å²) < 4.78 is 13.1. The minimum Gasteiger partial charge on any atom is -0.444 e. The normalized spacial score (nSPS) is 23.5. The molecule has 1 amide bonds. The Labute approximate surface area is 214 Å². The number of ether oxygens (including phenoxy) is 2. The molecule has 3 N–H and O–H groups in total. The van der Waals surface area contributed by atoms with Gasteiger partial charge >= 0.3 is 6.09 Å². The van der Waals surface area contributed by atoms with Gasteiger partial charge in [-0.15, -0.1) is 34.2 Å². The summed E-state index contributed by atoms with van der Waals surface area (Å²) in [5.74, 6) is 2.46. The number of hydrogen-bond donors (Lipinski definition) is 3. The summed E-state index contributed by atoms with van der Waals surface area (Å²) >= 11 is 0. The molecule has 2 heterocycles. The average molecular weight is 578 g/mol. The standard InChI is InChI=1S/C22H39N7O3.HI/c1-15-27-28-19(29(15)5)14-24-20(23-13-18-7-6-12-31-18)25-16-8-10-17(11-9-16)26-21(30)32-22(2,3)4;/h16-18H,6-14H2,1-5H3,(H,26,30)(H2,23,24,25);1H. The lowest BCUT2D eigenvalue weighted by atomic mass is 9.91. The molecule has 1 saturated heterocycles. The maximum absolute atomic E-state index is 12.0. The quantitative estimate of drug-likeness (QED) is 0.271. The van der Waals surface area contributed by atoms with Gasteiger partial charge in [0.1, 0.15) is 18.0 Å². The Balaban J connectivity index is 0.00000385. The number of aromatic nitrogens is 3. The van der Waals surface area contributed by atoms with Crippen LogP contribution in [0.15, 0.2) is 4.99 Å². The maximum atomic E-state index is 12.0. The van der Waals surface area contributed by atoms with E-state index in [2.05, 4.69) is 26.1 Å². The first-order valence-electron chi connectivity index (χ1n) is 11.7. The number of aryl methyl sites for hydroxylation is 1. The van der Waals surface area contributed by atoms with Crippen LogP contribution in [0.25, 0.3) is 0 Å².